The Morgan fingerprint density at radius 3 is 2.06 bits per heavy atom. The van der Waals surface area contributed by atoms with Crippen LogP contribution in [0.25, 0.3) is 0 Å². The second-order valence-electron chi connectivity index (χ2n) is 7.33. The number of sulfonamides is 2. The van der Waals surface area contributed by atoms with Crippen molar-refractivity contribution < 1.29 is 26.4 Å². The van der Waals surface area contributed by atoms with E-state index < -0.39 is 32.0 Å². The average molecular weight is 481 g/mol. The van der Waals surface area contributed by atoms with Crippen LogP contribution >= 0.6 is 0 Å². The molecule has 1 heterocycles. The van der Waals surface area contributed by atoms with E-state index in [0.29, 0.717) is 30.0 Å². The van der Waals surface area contributed by atoms with Gasteiger partial charge in [-0.3, -0.25) is 13.9 Å². The minimum absolute atomic E-state index is 0.0533. The molecule has 2 amide bonds. The molecule has 1 fully saturated rings. The van der Waals surface area contributed by atoms with Crippen LogP contribution in [-0.2, 0) is 29.6 Å². The van der Waals surface area contributed by atoms with Crippen LogP contribution in [0.15, 0.2) is 53.4 Å². The van der Waals surface area contributed by atoms with Crippen LogP contribution < -0.4 is 19.7 Å². The van der Waals surface area contributed by atoms with Crippen molar-refractivity contribution in [1.29, 1.82) is 0 Å². The SMILES string of the molecule is CC(=O)Nc1ccc(S(=O)(=O)N[C@@H](C)C(=O)Nc2ccc(N3CCCS3(=O)=O)cc2)cc1. The summed E-state index contributed by atoms with van der Waals surface area (Å²) in [5.74, 6) is -0.747. The molecule has 172 valence electrons. The van der Waals surface area contributed by atoms with E-state index in [2.05, 4.69) is 15.4 Å². The summed E-state index contributed by atoms with van der Waals surface area (Å²) < 4.78 is 52.7. The predicted molar refractivity (Wildman–Crippen MR) is 121 cm³/mol. The summed E-state index contributed by atoms with van der Waals surface area (Å²) in [4.78, 5) is 23.5. The maximum Gasteiger partial charge on any atom is 0.242 e. The number of benzene rings is 2. The molecule has 2 aromatic carbocycles. The summed E-state index contributed by atoms with van der Waals surface area (Å²) in [6.45, 7) is 3.16. The van der Waals surface area contributed by atoms with Gasteiger partial charge in [-0.05, 0) is 61.9 Å². The third-order valence-electron chi connectivity index (χ3n) is 4.73. The first kappa shape index (κ1) is 23.7. The van der Waals surface area contributed by atoms with Crippen molar-refractivity contribution >= 4 is 48.9 Å². The zero-order valence-corrected chi connectivity index (χ0v) is 19.2. The van der Waals surface area contributed by atoms with E-state index >= 15 is 0 Å². The highest BCUT2D eigenvalue weighted by Crippen LogP contribution is 2.25. The predicted octanol–water partition coefficient (Wildman–Crippen LogP) is 1.49. The maximum absolute atomic E-state index is 12.5. The van der Waals surface area contributed by atoms with Crippen molar-refractivity contribution in [3.8, 4) is 0 Å². The van der Waals surface area contributed by atoms with Gasteiger partial charge in [-0.15, -0.1) is 0 Å². The second kappa shape index (κ2) is 9.27. The number of hydrogen-bond acceptors (Lipinski definition) is 6. The van der Waals surface area contributed by atoms with Gasteiger partial charge in [-0.25, -0.2) is 16.8 Å². The molecule has 3 N–H and O–H groups in total. The first-order valence-electron chi connectivity index (χ1n) is 9.79. The molecule has 3 rings (SSSR count). The Balaban J connectivity index is 1.62. The molecule has 32 heavy (non-hydrogen) atoms. The monoisotopic (exact) mass is 480 g/mol. The van der Waals surface area contributed by atoms with Crippen molar-refractivity contribution in [3.63, 3.8) is 0 Å². The van der Waals surface area contributed by atoms with E-state index in [1.54, 1.807) is 24.3 Å². The van der Waals surface area contributed by atoms with E-state index in [4.69, 9.17) is 0 Å². The lowest BCUT2D eigenvalue weighted by Gasteiger charge is -2.18. The molecule has 0 aromatic heterocycles. The highest BCUT2D eigenvalue weighted by Gasteiger charge is 2.28. The van der Waals surface area contributed by atoms with Gasteiger partial charge in [-0.2, -0.15) is 4.72 Å². The number of carbonyl (C=O) groups excluding carboxylic acids is 2. The molecule has 1 atom stereocenters. The fraction of sp³-hybridized carbons (Fsp3) is 0.300. The highest BCUT2D eigenvalue weighted by atomic mass is 32.2. The lowest BCUT2D eigenvalue weighted by atomic mass is 10.2. The third kappa shape index (κ3) is 5.64. The van der Waals surface area contributed by atoms with Crippen molar-refractivity contribution in [1.82, 2.24) is 4.72 Å². The average Bonchev–Trinajstić information content (AvgIpc) is 3.07. The molecular weight excluding hydrogens is 456 g/mol. The van der Waals surface area contributed by atoms with Crippen LogP contribution in [0.2, 0.25) is 0 Å². The molecule has 0 spiro atoms. The number of rotatable bonds is 7. The van der Waals surface area contributed by atoms with Crippen molar-refractivity contribution in [2.24, 2.45) is 0 Å². The molecule has 12 heteroatoms. The Morgan fingerprint density at radius 1 is 0.969 bits per heavy atom. The zero-order valence-electron chi connectivity index (χ0n) is 17.5. The standard InChI is InChI=1S/C20H24N4O6S2/c1-14(23-32(29,30)19-10-6-16(7-11-19)21-15(2)25)20(26)22-17-4-8-18(9-5-17)24-12-3-13-31(24,27)28/h4-11,14,23H,3,12-13H2,1-2H3,(H,21,25)(H,22,26)/t14-/m0/s1. The first-order valence-corrected chi connectivity index (χ1v) is 12.9. The van der Waals surface area contributed by atoms with Crippen molar-refractivity contribution in [2.75, 3.05) is 27.2 Å². The van der Waals surface area contributed by atoms with E-state index in [1.165, 1.54) is 42.4 Å². The van der Waals surface area contributed by atoms with E-state index in [-0.39, 0.29) is 16.6 Å². The summed E-state index contributed by atoms with van der Waals surface area (Å²) in [6.07, 6.45) is 0.564. The van der Waals surface area contributed by atoms with Gasteiger partial charge in [0.2, 0.25) is 31.9 Å². The molecule has 1 aliphatic rings. The summed E-state index contributed by atoms with van der Waals surface area (Å²) in [6, 6.07) is 10.8. The topological polar surface area (TPSA) is 142 Å². The van der Waals surface area contributed by atoms with Crippen LogP contribution in [0.5, 0.6) is 0 Å². The van der Waals surface area contributed by atoms with Gasteiger partial charge in [0.15, 0.2) is 0 Å². The van der Waals surface area contributed by atoms with Gasteiger partial charge in [0.05, 0.1) is 22.4 Å². The molecule has 0 saturated carbocycles. The summed E-state index contributed by atoms with van der Waals surface area (Å²) in [7, 11) is -7.27. The second-order valence-corrected chi connectivity index (χ2v) is 11.1. The van der Waals surface area contributed by atoms with Crippen molar-refractivity contribution in [2.45, 2.75) is 31.2 Å². The lowest BCUT2D eigenvalue weighted by Crippen LogP contribution is -2.41. The zero-order chi connectivity index (χ0) is 23.5. The number of nitrogens with zero attached hydrogens (tertiary/aromatic N) is 1. The van der Waals surface area contributed by atoms with E-state index in [1.807, 2.05) is 0 Å². The number of nitrogens with one attached hydrogen (secondary N) is 3. The normalized spacial score (nSPS) is 16.4. The molecule has 10 nitrogen and oxygen atoms in total. The number of anilines is 3. The van der Waals surface area contributed by atoms with Gasteiger partial charge in [0.25, 0.3) is 0 Å². The lowest BCUT2D eigenvalue weighted by molar-refractivity contribution is -0.117. The number of amides is 2. The van der Waals surface area contributed by atoms with Gasteiger partial charge in [0.1, 0.15) is 0 Å². The van der Waals surface area contributed by atoms with Crippen LogP contribution in [0.3, 0.4) is 0 Å². The fourth-order valence-electron chi connectivity index (χ4n) is 3.17. The molecule has 2 aromatic rings. The van der Waals surface area contributed by atoms with Gasteiger partial charge >= 0.3 is 0 Å². The van der Waals surface area contributed by atoms with Gasteiger partial charge < -0.3 is 10.6 Å². The van der Waals surface area contributed by atoms with Crippen LogP contribution in [0, 0.1) is 0 Å². The van der Waals surface area contributed by atoms with Crippen LogP contribution in [0.4, 0.5) is 17.1 Å². The summed E-state index contributed by atoms with van der Waals surface area (Å²) in [5.41, 5.74) is 1.37. The molecule has 1 saturated heterocycles. The van der Waals surface area contributed by atoms with Gasteiger partial charge in [-0.1, -0.05) is 0 Å². The number of carbonyl (C=O) groups is 2. The molecule has 1 aliphatic heterocycles. The van der Waals surface area contributed by atoms with Crippen molar-refractivity contribution in [3.05, 3.63) is 48.5 Å². The quantitative estimate of drug-likeness (QED) is 0.548. The van der Waals surface area contributed by atoms with Crippen LogP contribution in [-0.4, -0.2) is 47.0 Å². The molecular formula is C20H24N4O6S2. The first-order chi connectivity index (χ1) is 15.0. The summed E-state index contributed by atoms with van der Waals surface area (Å²) >= 11 is 0. The summed E-state index contributed by atoms with van der Waals surface area (Å²) in [5, 5.41) is 5.14. The van der Waals surface area contributed by atoms with Crippen LogP contribution in [0.1, 0.15) is 20.3 Å². The Kier molecular flexibility index (Phi) is 6.86. The largest absolute Gasteiger partial charge is 0.326 e. The number of hydrogen-bond donors (Lipinski definition) is 3. The minimum atomic E-state index is -3.97. The maximum atomic E-state index is 12.5. The minimum Gasteiger partial charge on any atom is -0.326 e. The van der Waals surface area contributed by atoms with E-state index in [9.17, 15) is 26.4 Å². The third-order valence-corrected chi connectivity index (χ3v) is 8.16. The Morgan fingerprint density at radius 2 is 1.53 bits per heavy atom. The molecule has 0 radical (unpaired) electrons. The Hall–Kier alpha value is -2.96. The molecule has 0 aliphatic carbocycles. The Bertz CT molecular complexity index is 1210. The Labute approximate surface area is 187 Å². The molecule has 0 bridgehead atoms. The smallest absolute Gasteiger partial charge is 0.242 e. The van der Waals surface area contributed by atoms with E-state index in [0.717, 1.165) is 0 Å². The fourth-order valence-corrected chi connectivity index (χ4v) is 5.93. The highest BCUT2D eigenvalue weighted by molar-refractivity contribution is 7.93. The molecule has 0 unspecified atom stereocenters. The van der Waals surface area contributed by atoms with Gasteiger partial charge in [0, 0.05) is 24.8 Å².